The molecule has 0 saturated heterocycles. The van der Waals surface area contributed by atoms with Crippen molar-refractivity contribution >= 4 is 31.3 Å². The molecule has 0 aromatic heterocycles. The van der Waals surface area contributed by atoms with Gasteiger partial charge in [-0.25, -0.2) is 15.0 Å². The number of hydrogen-bond acceptors (Lipinski definition) is 6. The molecule has 0 spiro atoms. The van der Waals surface area contributed by atoms with Gasteiger partial charge in [-0.1, -0.05) is 0 Å². The molecule has 0 radical (unpaired) electrons. The summed E-state index contributed by atoms with van der Waals surface area (Å²) in [4.78, 5) is 11.4. The molecule has 0 aromatic rings. The van der Waals surface area contributed by atoms with Crippen molar-refractivity contribution in [1.29, 1.82) is 0 Å². The fraction of sp³-hybridized carbons (Fsp3) is 0. The average Bonchev–Trinajstić information content (AvgIpc) is 2.27. The van der Waals surface area contributed by atoms with Crippen LogP contribution in [0, 0.1) is 0 Å². The first-order chi connectivity index (χ1) is 7.50. The molecule has 0 aliphatic carbocycles. The average molecular weight is 203 g/mol. The van der Waals surface area contributed by atoms with E-state index in [2.05, 4.69) is 25.2 Å². The summed E-state index contributed by atoms with van der Waals surface area (Å²) in [6.45, 7) is 0. The van der Waals surface area contributed by atoms with Gasteiger partial charge in [0.1, 0.15) is 18.9 Å². The molecule has 1 rings (SSSR count). The molecule has 1 heterocycles. The molecule has 0 amide bonds. The first-order valence-electron chi connectivity index (χ1n) is 4.07. The highest BCUT2D eigenvalue weighted by atomic mass is 16.5. The van der Waals surface area contributed by atoms with Crippen LogP contribution in [0.2, 0.25) is 0 Å². The Morgan fingerprint density at radius 2 is 1.67 bits per heavy atom. The van der Waals surface area contributed by atoms with Gasteiger partial charge < -0.3 is 4.74 Å². The second-order valence-corrected chi connectivity index (χ2v) is 2.11. The van der Waals surface area contributed by atoms with Crippen LogP contribution in [0.4, 0.5) is 0 Å². The molecule has 1 aliphatic rings. The summed E-state index contributed by atoms with van der Waals surface area (Å²) in [5, 5.41) is 7.23. The molecule has 76 valence electrons. The number of hydrogen-bond donors (Lipinski definition) is 0. The van der Waals surface area contributed by atoms with Crippen LogP contribution >= 0.6 is 0 Å². The van der Waals surface area contributed by atoms with Crippen LogP contribution < -0.4 is 0 Å². The summed E-state index contributed by atoms with van der Waals surface area (Å²) in [6.07, 6.45) is 13.0. The van der Waals surface area contributed by atoms with Crippen LogP contribution in [0.1, 0.15) is 0 Å². The number of allylic oxidation sites excluding steroid dienone is 1. The zero-order valence-electron chi connectivity index (χ0n) is 7.84. The van der Waals surface area contributed by atoms with E-state index >= 15 is 0 Å². The van der Waals surface area contributed by atoms with Crippen molar-refractivity contribution in [2.75, 3.05) is 0 Å². The summed E-state index contributed by atoms with van der Waals surface area (Å²) >= 11 is 0. The molecule has 15 heavy (non-hydrogen) atoms. The van der Waals surface area contributed by atoms with Gasteiger partial charge in [-0.15, -0.1) is 5.10 Å². The summed E-state index contributed by atoms with van der Waals surface area (Å²) in [5.41, 5.74) is 0. The monoisotopic (exact) mass is 203 g/mol. The molecule has 0 fully saturated rings. The maximum absolute atomic E-state index is 4.92. The predicted octanol–water partition coefficient (Wildman–Crippen LogP) is 1.19. The molecular formula is C9H9N5O. The van der Waals surface area contributed by atoms with Gasteiger partial charge in [0.2, 0.25) is 0 Å². The third-order valence-electron chi connectivity index (χ3n) is 1.09. The Labute approximate surface area is 86.8 Å². The van der Waals surface area contributed by atoms with Gasteiger partial charge in [0, 0.05) is 12.4 Å². The number of aliphatic imine (C=N–C) groups is 3. The van der Waals surface area contributed by atoms with Gasteiger partial charge in [-0.3, -0.25) is 0 Å². The molecule has 6 heteroatoms. The predicted molar refractivity (Wildman–Crippen MR) is 61.8 cm³/mol. The summed E-state index contributed by atoms with van der Waals surface area (Å²) in [5.74, 6) is 0. The lowest BCUT2D eigenvalue weighted by molar-refractivity contribution is 0.402. The quantitative estimate of drug-likeness (QED) is 0.582. The number of nitrogens with zero attached hydrogens (tertiary/aromatic N) is 5. The Hall–Kier alpha value is -2.37. The number of rotatable bonds is 0. The fourth-order valence-corrected chi connectivity index (χ4v) is 0.566. The second-order valence-electron chi connectivity index (χ2n) is 2.11. The zero-order valence-corrected chi connectivity index (χ0v) is 7.84. The van der Waals surface area contributed by atoms with E-state index in [-0.39, 0.29) is 0 Å². The Bertz CT molecular complexity index is 329. The highest BCUT2D eigenvalue weighted by Gasteiger charge is 1.69. The van der Waals surface area contributed by atoms with Crippen LogP contribution in [0.3, 0.4) is 0 Å². The lowest BCUT2D eigenvalue weighted by Gasteiger charge is -1.84. The standard InChI is InChI=1S/C9H9N5O/c1-2-10-9-14-13-4-3-11-8-12-5-7-15-6-1/h1-9H. The minimum atomic E-state index is 1.30. The molecule has 1 aliphatic heterocycles. The topological polar surface area (TPSA) is 71.0 Å². The maximum Gasteiger partial charge on any atom is 0.137 e. The van der Waals surface area contributed by atoms with Crippen molar-refractivity contribution in [2.45, 2.75) is 0 Å². The molecule has 0 bridgehead atoms. The smallest absolute Gasteiger partial charge is 0.137 e. The van der Waals surface area contributed by atoms with E-state index in [1.54, 1.807) is 6.08 Å². The minimum absolute atomic E-state index is 1.30. The SMILES string of the molecule is C1=COC=CN=CN=CC=NN=CN=C1. The van der Waals surface area contributed by atoms with Crippen LogP contribution in [0.25, 0.3) is 0 Å². The highest BCUT2D eigenvalue weighted by Crippen LogP contribution is 1.80. The van der Waals surface area contributed by atoms with E-state index in [9.17, 15) is 0 Å². The largest absolute Gasteiger partial charge is 0.471 e. The van der Waals surface area contributed by atoms with Crippen molar-refractivity contribution in [2.24, 2.45) is 25.2 Å². The molecule has 0 unspecified atom stereocenters. The minimum Gasteiger partial charge on any atom is -0.471 e. The Kier molecular flexibility index (Phi) is 5.88. The second kappa shape index (κ2) is 8.24. The van der Waals surface area contributed by atoms with E-state index in [1.165, 1.54) is 50.0 Å². The molecule has 0 aromatic carbocycles. The van der Waals surface area contributed by atoms with Crippen LogP contribution in [0.5, 0.6) is 0 Å². The van der Waals surface area contributed by atoms with Gasteiger partial charge >= 0.3 is 0 Å². The first kappa shape index (κ1) is 10.7. The molecule has 0 N–H and O–H groups in total. The van der Waals surface area contributed by atoms with E-state index in [1.807, 2.05) is 0 Å². The van der Waals surface area contributed by atoms with Crippen molar-refractivity contribution in [3.63, 3.8) is 0 Å². The maximum atomic E-state index is 4.92. The molecule has 6 nitrogen and oxygen atoms in total. The highest BCUT2D eigenvalue weighted by molar-refractivity contribution is 6.17. The van der Waals surface area contributed by atoms with E-state index < -0.39 is 0 Å². The van der Waals surface area contributed by atoms with Crippen molar-refractivity contribution in [3.8, 4) is 0 Å². The Morgan fingerprint density at radius 1 is 0.733 bits per heavy atom. The van der Waals surface area contributed by atoms with Gasteiger partial charge in [0.25, 0.3) is 0 Å². The molecule has 0 saturated carbocycles. The summed E-state index contributed by atoms with van der Waals surface area (Å²) in [6, 6.07) is 0. The fourth-order valence-electron chi connectivity index (χ4n) is 0.566. The Morgan fingerprint density at radius 3 is 2.67 bits per heavy atom. The van der Waals surface area contributed by atoms with Crippen molar-refractivity contribution < 1.29 is 4.74 Å². The van der Waals surface area contributed by atoms with Crippen LogP contribution in [0.15, 0.2) is 50.0 Å². The van der Waals surface area contributed by atoms with Crippen molar-refractivity contribution in [1.82, 2.24) is 0 Å². The lowest BCUT2D eigenvalue weighted by Crippen LogP contribution is -1.75. The number of ether oxygens (including phenoxy) is 1. The molecular weight excluding hydrogens is 194 g/mol. The van der Waals surface area contributed by atoms with Crippen LogP contribution in [-0.2, 0) is 4.74 Å². The van der Waals surface area contributed by atoms with Crippen LogP contribution in [-0.4, -0.2) is 31.3 Å². The first-order valence-corrected chi connectivity index (χ1v) is 4.07. The van der Waals surface area contributed by atoms with Gasteiger partial charge in [0.05, 0.1) is 18.7 Å². The summed E-state index contributed by atoms with van der Waals surface area (Å²) in [7, 11) is 0. The van der Waals surface area contributed by atoms with E-state index in [0.717, 1.165) is 0 Å². The lowest BCUT2D eigenvalue weighted by atomic mass is 10.7. The normalized spacial score (nSPS) is 16.0. The summed E-state index contributed by atoms with van der Waals surface area (Å²) < 4.78 is 4.92. The van der Waals surface area contributed by atoms with Gasteiger partial charge in [0.15, 0.2) is 0 Å². The third-order valence-corrected chi connectivity index (χ3v) is 1.09. The van der Waals surface area contributed by atoms with E-state index in [0.29, 0.717) is 0 Å². The van der Waals surface area contributed by atoms with Crippen molar-refractivity contribution in [3.05, 3.63) is 24.8 Å². The van der Waals surface area contributed by atoms with E-state index in [4.69, 9.17) is 4.74 Å². The Balaban J connectivity index is 2.62. The molecule has 0 atom stereocenters. The van der Waals surface area contributed by atoms with Gasteiger partial charge in [-0.2, -0.15) is 5.10 Å². The third kappa shape index (κ3) is 6.76. The van der Waals surface area contributed by atoms with Gasteiger partial charge in [-0.05, 0) is 6.08 Å². The zero-order chi connectivity index (χ0) is 10.6.